The van der Waals surface area contributed by atoms with Crippen LogP contribution in [0.2, 0.25) is 5.15 Å². The maximum Gasteiger partial charge on any atom is 0.490 e. The van der Waals surface area contributed by atoms with E-state index in [0.29, 0.717) is 36.2 Å². The Morgan fingerprint density at radius 2 is 1.88 bits per heavy atom. The van der Waals surface area contributed by atoms with Crippen LogP contribution in [0, 0.1) is 5.82 Å². The summed E-state index contributed by atoms with van der Waals surface area (Å²) in [5, 5.41) is 25.7. The summed E-state index contributed by atoms with van der Waals surface area (Å²) >= 11 is 5.94. The van der Waals surface area contributed by atoms with Crippen molar-refractivity contribution in [2.24, 2.45) is 0 Å². The second-order valence-corrected chi connectivity index (χ2v) is 9.12. The summed E-state index contributed by atoms with van der Waals surface area (Å²) < 4.78 is 54.2. The van der Waals surface area contributed by atoms with Crippen molar-refractivity contribution in [1.82, 2.24) is 24.3 Å². The van der Waals surface area contributed by atoms with Gasteiger partial charge in [-0.2, -0.15) is 18.2 Å². The van der Waals surface area contributed by atoms with E-state index in [2.05, 4.69) is 15.4 Å². The molecule has 0 aliphatic carbocycles. The molecule has 1 aliphatic rings. The van der Waals surface area contributed by atoms with Crippen LogP contribution < -0.4 is 10.1 Å². The summed E-state index contributed by atoms with van der Waals surface area (Å²) in [6.07, 6.45) is -0.984. The maximum absolute atomic E-state index is 13.4. The molecular weight excluding hydrogens is 560 g/mol. The van der Waals surface area contributed by atoms with Crippen LogP contribution in [0.1, 0.15) is 30.1 Å². The van der Waals surface area contributed by atoms with Gasteiger partial charge in [0.1, 0.15) is 28.9 Å². The lowest BCUT2D eigenvalue weighted by molar-refractivity contribution is -0.192. The zero-order chi connectivity index (χ0) is 29.0. The van der Waals surface area contributed by atoms with E-state index in [1.54, 1.807) is 41.0 Å². The van der Waals surface area contributed by atoms with Crippen LogP contribution in [0.4, 0.5) is 29.2 Å². The number of nitrogens with one attached hydrogen (secondary N) is 1. The summed E-state index contributed by atoms with van der Waals surface area (Å²) in [4.78, 5) is 17.7. The molecule has 3 N–H and O–H groups in total. The number of fused-ring (bicyclic) bond motifs is 1. The molecule has 4 aromatic rings. The van der Waals surface area contributed by atoms with E-state index in [1.807, 2.05) is 18.2 Å². The molecule has 0 saturated carbocycles. The van der Waals surface area contributed by atoms with Gasteiger partial charge in [0.05, 0.1) is 25.4 Å². The predicted octanol–water partition coefficient (Wildman–Crippen LogP) is 4.93. The van der Waals surface area contributed by atoms with Crippen LogP contribution in [-0.4, -0.2) is 59.9 Å². The number of carboxylic acids is 1. The van der Waals surface area contributed by atoms with Crippen molar-refractivity contribution in [3.8, 4) is 11.4 Å². The molecule has 0 bridgehead atoms. The molecule has 40 heavy (non-hydrogen) atoms. The van der Waals surface area contributed by atoms with Gasteiger partial charge in [-0.05, 0) is 42.7 Å². The topological polar surface area (TPSA) is 127 Å². The quantitative estimate of drug-likeness (QED) is 0.283. The predicted molar refractivity (Wildman–Crippen MR) is 136 cm³/mol. The molecule has 0 spiro atoms. The molecule has 0 radical (unpaired) electrons. The number of aliphatic carboxylic acids is 1. The summed E-state index contributed by atoms with van der Waals surface area (Å²) in [5.74, 6) is -1.37. The molecule has 3 heterocycles. The fraction of sp³-hybridized carbons (Fsp3) is 0.280. The fourth-order valence-corrected chi connectivity index (χ4v) is 4.27. The summed E-state index contributed by atoms with van der Waals surface area (Å²) in [5.41, 5.74) is 2.47. The molecule has 2 atom stereocenters. The molecular formula is C25H23ClF4N6O4. The average Bonchev–Trinajstić information content (AvgIpc) is 3.46. The van der Waals surface area contributed by atoms with E-state index >= 15 is 0 Å². The molecule has 0 unspecified atom stereocenters. The third-order valence-electron chi connectivity index (χ3n) is 5.96. The van der Waals surface area contributed by atoms with Crippen molar-refractivity contribution >= 4 is 29.2 Å². The Balaban J connectivity index is 0.000000470. The van der Waals surface area contributed by atoms with Gasteiger partial charge in [-0.15, -0.1) is 5.10 Å². The maximum atomic E-state index is 13.4. The molecule has 5 rings (SSSR count). The molecule has 10 nitrogen and oxygen atoms in total. The lowest BCUT2D eigenvalue weighted by Crippen LogP contribution is -2.21. The molecule has 1 aliphatic heterocycles. The highest BCUT2D eigenvalue weighted by atomic mass is 35.5. The fourth-order valence-electron chi connectivity index (χ4n) is 4.12. The van der Waals surface area contributed by atoms with Crippen LogP contribution in [-0.2, 0) is 11.3 Å². The van der Waals surface area contributed by atoms with E-state index < -0.39 is 18.2 Å². The van der Waals surface area contributed by atoms with E-state index in [-0.39, 0.29) is 11.7 Å². The molecule has 2 aromatic carbocycles. The zero-order valence-electron chi connectivity index (χ0n) is 20.8. The smallest absolute Gasteiger partial charge is 0.490 e. The summed E-state index contributed by atoms with van der Waals surface area (Å²) in [6.45, 7) is 0.353. The normalized spacial score (nSPS) is 16.8. The minimum atomic E-state index is -5.08. The molecule has 212 valence electrons. The molecule has 0 saturated heterocycles. The van der Waals surface area contributed by atoms with Crippen molar-refractivity contribution < 1.29 is 37.3 Å². The Bertz CT molecular complexity index is 1470. The number of carboxylic acid groups (broad SMARTS) is 1. The Morgan fingerprint density at radius 3 is 2.48 bits per heavy atom. The zero-order valence-corrected chi connectivity index (χ0v) is 21.6. The Morgan fingerprint density at radius 1 is 1.18 bits per heavy atom. The number of rotatable bonds is 5. The van der Waals surface area contributed by atoms with E-state index in [4.69, 9.17) is 31.2 Å². The van der Waals surface area contributed by atoms with Crippen LogP contribution in [0.3, 0.4) is 0 Å². The standard InChI is InChI=1S/C23H22ClFN6O2.C2HF3O2/c1-33-20-10-16(6-9-19(20)30-12-21(24)26-13-30)27-23-28-22-18(14-2-4-15(25)5-3-14)8-7-17(32)11-31(22)29-23;3-2(4,5)1(6)7/h2-6,9-10,12-13,17-18,32H,7-8,11H2,1H3,(H,27,29);(H,6,7)/t17-,18+;/m1./s1. The highest BCUT2D eigenvalue weighted by Crippen LogP contribution is 2.33. The number of hydrogen-bond acceptors (Lipinski definition) is 7. The third-order valence-corrected chi connectivity index (χ3v) is 6.16. The highest BCUT2D eigenvalue weighted by molar-refractivity contribution is 6.29. The number of benzene rings is 2. The number of carbonyl (C=O) groups is 1. The Kier molecular flexibility index (Phi) is 8.59. The monoisotopic (exact) mass is 582 g/mol. The number of aliphatic hydroxyl groups excluding tert-OH is 1. The van der Waals surface area contributed by atoms with Gasteiger partial charge in [-0.3, -0.25) is 0 Å². The van der Waals surface area contributed by atoms with Crippen molar-refractivity contribution in [2.45, 2.75) is 37.6 Å². The van der Waals surface area contributed by atoms with Crippen molar-refractivity contribution in [1.29, 1.82) is 0 Å². The largest absolute Gasteiger partial charge is 0.494 e. The van der Waals surface area contributed by atoms with E-state index in [9.17, 15) is 22.7 Å². The summed E-state index contributed by atoms with van der Waals surface area (Å²) in [6, 6.07) is 12.0. The number of aliphatic hydroxyl groups is 1. The number of halogens is 5. The minimum Gasteiger partial charge on any atom is -0.494 e. The summed E-state index contributed by atoms with van der Waals surface area (Å²) in [7, 11) is 1.59. The third kappa shape index (κ3) is 6.87. The molecule has 2 aromatic heterocycles. The van der Waals surface area contributed by atoms with Crippen LogP contribution >= 0.6 is 11.6 Å². The van der Waals surface area contributed by atoms with E-state index in [1.165, 1.54) is 12.1 Å². The van der Waals surface area contributed by atoms with Crippen LogP contribution in [0.15, 0.2) is 55.0 Å². The number of hydrogen-bond donors (Lipinski definition) is 3. The number of imidazole rings is 1. The van der Waals surface area contributed by atoms with Gasteiger partial charge < -0.3 is 24.8 Å². The number of methoxy groups -OCH3 is 1. The van der Waals surface area contributed by atoms with Gasteiger partial charge in [0.15, 0.2) is 0 Å². The van der Waals surface area contributed by atoms with Gasteiger partial charge in [0.2, 0.25) is 5.95 Å². The first-order valence-corrected chi connectivity index (χ1v) is 12.2. The van der Waals surface area contributed by atoms with Gasteiger partial charge in [-0.1, -0.05) is 23.7 Å². The number of alkyl halides is 3. The van der Waals surface area contributed by atoms with Crippen molar-refractivity contribution in [3.05, 3.63) is 77.3 Å². The van der Waals surface area contributed by atoms with Crippen LogP contribution in [0.5, 0.6) is 5.75 Å². The Hall–Kier alpha value is -4.17. The number of nitrogens with zero attached hydrogens (tertiary/aromatic N) is 5. The van der Waals surface area contributed by atoms with Gasteiger partial charge in [0, 0.05) is 23.9 Å². The Labute approximate surface area is 229 Å². The first-order chi connectivity index (χ1) is 18.9. The average molecular weight is 583 g/mol. The van der Waals surface area contributed by atoms with Crippen LogP contribution in [0.25, 0.3) is 5.69 Å². The van der Waals surface area contributed by atoms with Gasteiger partial charge >= 0.3 is 12.1 Å². The molecule has 0 fully saturated rings. The van der Waals surface area contributed by atoms with Crippen molar-refractivity contribution in [3.63, 3.8) is 0 Å². The van der Waals surface area contributed by atoms with Gasteiger partial charge in [0.25, 0.3) is 0 Å². The first kappa shape index (κ1) is 28.8. The SMILES string of the molecule is COc1cc(Nc2nc3n(n2)C[C@H](O)CC[C@H]3c2ccc(F)cc2)ccc1-n1cnc(Cl)c1.O=C(O)C(F)(F)F. The lowest BCUT2D eigenvalue weighted by atomic mass is 9.93. The second-order valence-electron chi connectivity index (χ2n) is 8.73. The second kappa shape index (κ2) is 11.9. The number of aromatic nitrogens is 5. The van der Waals surface area contributed by atoms with Crippen molar-refractivity contribution in [2.75, 3.05) is 12.4 Å². The molecule has 15 heteroatoms. The van der Waals surface area contributed by atoms with E-state index in [0.717, 1.165) is 22.8 Å². The minimum absolute atomic E-state index is 0.0892. The van der Waals surface area contributed by atoms with Gasteiger partial charge in [-0.25, -0.2) is 18.9 Å². The number of ether oxygens (including phenoxy) is 1. The lowest BCUT2D eigenvalue weighted by Gasteiger charge is -2.14. The first-order valence-electron chi connectivity index (χ1n) is 11.8. The number of anilines is 2. The molecule has 0 amide bonds. The highest BCUT2D eigenvalue weighted by Gasteiger charge is 2.38.